The zero-order valence-corrected chi connectivity index (χ0v) is 6.31. The Kier molecular flexibility index (Phi) is 1.86. The second kappa shape index (κ2) is 2.69. The molecular formula is C7H7NO4. The fraction of sp³-hybridized carbons (Fsp3) is 0.143. The van der Waals surface area contributed by atoms with E-state index < -0.39 is 22.1 Å². The Bertz CT molecular complexity index is 334. The van der Waals surface area contributed by atoms with Crippen LogP contribution in [0.5, 0.6) is 11.5 Å². The molecule has 0 aliphatic heterocycles. The van der Waals surface area contributed by atoms with Gasteiger partial charge in [0.05, 0.1) is 4.92 Å². The summed E-state index contributed by atoms with van der Waals surface area (Å²) < 4.78 is 0. The van der Waals surface area contributed by atoms with E-state index in [0.717, 1.165) is 0 Å². The lowest BCUT2D eigenvalue weighted by Crippen LogP contribution is -1.90. The van der Waals surface area contributed by atoms with Crippen molar-refractivity contribution in [1.29, 1.82) is 0 Å². The topological polar surface area (TPSA) is 83.6 Å². The maximum Gasteiger partial charge on any atom is 0.352 e. The molecule has 0 saturated heterocycles. The van der Waals surface area contributed by atoms with Gasteiger partial charge in [-0.3, -0.25) is 10.1 Å². The normalized spacial score (nSPS) is 9.75. The van der Waals surface area contributed by atoms with Crippen LogP contribution in [-0.2, 0) is 0 Å². The molecule has 0 bridgehead atoms. The van der Waals surface area contributed by atoms with Gasteiger partial charge in [0.2, 0.25) is 5.75 Å². The number of phenols is 2. The zero-order valence-electron chi connectivity index (χ0n) is 6.31. The van der Waals surface area contributed by atoms with E-state index in [1.807, 2.05) is 0 Å². The minimum absolute atomic E-state index is 0.361. The number of hydrogen-bond donors (Lipinski definition) is 2. The van der Waals surface area contributed by atoms with Gasteiger partial charge in [-0.1, -0.05) is 6.07 Å². The Labute approximate surface area is 68.0 Å². The Balaban J connectivity index is 3.43. The van der Waals surface area contributed by atoms with E-state index in [1.165, 1.54) is 19.1 Å². The maximum atomic E-state index is 10.3. The Morgan fingerprint density at radius 1 is 1.42 bits per heavy atom. The first-order valence-corrected chi connectivity index (χ1v) is 3.20. The summed E-state index contributed by atoms with van der Waals surface area (Å²) in [4.78, 5) is 9.46. The highest BCUT2D eigenvalue weighted by molar-refractivity contribution is 5.59. The largest absolute Gasteiger partial charge is 0.502 e. The molecule has 0 unspecified atom stereocenters. The fourth-order valence-electron chi connectivity index (χ4n) is 0.850. The number of benzene rings is 1. The van der Waals surface area contributed by atoms with Crippen LogP contribution in [0.4, 0.5) is 5.69 Å². The van der Waals surface area contributed by atoms with Crippen molar-refractivity contribution in [1.82, 2.24) is 0 Å². The van der Waals surface area contributed by atoms with Gasteiger partial charge in [-0.05, 0) is 18.6 Å². The first-order valence-electron chi connectivity index (χ1n) is 3.20. The molecule has 0 aliphatic carbocycles. The van der Waals surface area contributed by atoms with Gasteiger partial charge >= 0.3 is 5.69 Å². The molecule has 0 spiro atoms. The minimum Gasteiger partial charge on any atom is -0.502 e. The van der Waals surface area contributed by atoms with Gasteiger partial charge in [0.25, 0.3) is 0 Å². The zero-order chi connectivity index (χ0) is 9.30. The van der Waals surface area contributed by atoms with Crippen molar-refractivity contribution in [3.8, 4) is 11.5 Å². The van der Waals surface area contributed by atoms with E-state index in [2.05, 4.69) is 0 Å². The monoisotopic (exact) mass is 169 g/mol. The summed E-state index contributed by atoms with van der Waals surface area (Å²) in [6.07, 6.45) is 0. The number of hydrogen-bond acceptors (Lipinski definition) is 4. The van der Waals surface area contributed by atoms with Crippen molar-refractivity contribution < 1.29 is 15.1 Å². The molecule has 5 nitrogen and oxygen atoms in total. The van der Waals surface area contributed by atoms with Crippen LogP contribution in [0.25, 0.3) is 0 Å². The molecule has 1 aromatic carbocycles. The molecule has 0 fully saturated rings. The average molecular weight is 169 g/mol. The molecular weight excluding hydrogens is 162 g/mol. The Morgan fingerprint density at radius 3 is 2.42 bits per heavy atom. The summed E-state index contributed by atoms with van der Waals surface area (Å²) in [7, 11) is 0. The molecule has 0 aromatic heterocycles. The van der Waals surface area contributed by atoms with Crippen LogP contribution in [0.3, 0.4) is 0 Å². The Hall–Kier alpha value is -1.78. The van der Waals surface area contributed by atoms with Crippen molar-refractivity contribution >= 4 is 5.69 Å². The predicted octanol–water partition coefficient (Wildman–Crippen LogP) is 1.31. The molecule has 64 valence electrons. The van der Waals surface area contributed by atoms with E-state index in [1.54, 1.807) is 0 Å². The summed E-state index contributed by atoms with van der Waals surface area (Å²) in [6.45, 7) is 1.52. The lowest BCUT2D eigenvalue weighted by Gasteiger charge is -2.00. The van der Waals surface area contributed by atoms with Gasteiger partial charge in [0.15, 0.2) is 5.75 Å². The molecule has 1 rings (SSSR count). The highest BCUT2D eigenvalue weighted by Crippen LogP contribution is 2.36. The summed E-state index contributed by atoms with van der Waals surface area (Å²) in [6, 6.07) is 2.57. The number of nitro groups is 1. The van der Waals surface area contributed by atoms with Crippen LogP contribution in [0, 0.1) is 17.0 Å². The van der Waals surface area contributed by atoms with E-state index in [9.17, 15) is 10.1 Å². The number of aromatic hydroxyl groups is 2. The Morgan fingerprint density at radius 2 is 2.00 bits per heavy atom. The molecule has 5 heteroatoms. The highest BCUT2D eigenvalue weighted by Gasteiger charge is 2.20. The van der Waals surface area contributed by atoms with Gasteiger partial charge < -0.3 is 10.2 Å². The van der Waals surface area contributed by atoms with Crippen molar-refractivity contribution in [3.05, 3.63) is 27.8 Å². The summed E-state index contributed by atoms with van der Waals surface area (Å²) >= 11 is 0. The van der Waals surface area contributed by atoms with Crippen LogP contribution < -0.4 is 0 Å². The second-order valence-corrected chi connectivity index (χ2v) is 2.36. The number of nitrogens with zero attached hydrogens (tertiary/aromatic N) is 1. The third kappa shape index (κ3) is 1.16. The fourth-order valence-corrected chi connectivity index (χ4v) is 0.850. The lowest BCUT2D eigenvalue weighted by molar-refractivity contribution is -0.386. The van der Waals surface area contributed by atoms with E-state index in [-0.39, 0.29) is 0 Å². The van der Waals surface area contributed by atoms with Crippen LogP contribution in [0.2, 0.25) is 0 Å². The molecule has 2 N–H and O–H groups in total. The smallest absolute Gasteiger partial charge is 0.352 e. The van der Waals surface area contributed by atoms with Gasteiger partial charge in [0.1, 0.15) is 0 Å². The molecule has 0 amide bonds. The number of rotatable bonds is 1. The van der Waals surface area contributed by atoms with Gasteiger partial charge in [-0.15, -0.1) is 0 Å². The molecule has 1 aromatic rings. The van der Waals surface area contributed by atoms with Gasteiger partial charge in [0, 0.05) is 0 Å². The van der Waals surface area contributed by atoms with Crippen LogP contribution in [0.1, 0.15) is 5.56 Å². The summed E-state index contributed by atoms with van der Waals surface area (Å²) in [5.41, 5.74) is -0.283. The molecule has 0 aliphatic rings. The standard InChI is InChI=1S/C7H7NO4/c1-4-2-3-5(9)6(7(4)10)8(11)12/h2-3,9-10H,1H3. The van der Waals surface area contributed by atoms with Crippen LogP contribution in [0.15, 0.2) is 12.1 Å². The molecule has 0 saturated carbocycles. The van der Waals surface area contributed by atoms with Crippen LogP contribution >= 0.6 is 0 Å². The summed E-state index contributed by atoms with van der Waals surface area (Å²) in [5.74, 6) is -1.01. The first kappa shape index (κ1) is 8.32. The van der Waals surface area contributed by atoms with Crippen molar-refractivity contribution in [3.63, 3.8) is 0 Å². The van der Waals surface area contributed by atoms with E-state index in [4.69, 9.17) is 10.2 Å². The third-order valence-corrected chi connectivity index (χ3v) is 1.51. The van der Waals surface area contributed by atoms with Crippen LogP contribution in [-0.4, -0.2) is 15.1 Å². The number of phenolic OH excluding ortho intramolecular Hbond substituents is 2. The molecule has 0 atom stereocenters. The number of nitro benzene ring substituents is 1. The van der Waals surface area contributed by atoms with Gasteiger partial charge in [-0.2, -0.15) is 0 Å². The maximum absolute atomic E-state index is 10.3. The van der Waals surface area contributed by atoms with Crippen molar-refractivity contribution in [2.75, 3.05) is 0 Å². The van der Waals surface area contributed by atoms with Crippen molar-refractivity contribution in [2.24, 2.45) is 0 Å². The molecule has 0 heterocycles. The van der Waals surface area contributed by atoms with Gasteiger partial charge in [-0.25, -0.2) is 0 Å². The number of aryl methyl sites for hydroxylation is 1. The quantitative estimate of drug-likeness (QED) is 0.490. The van der Waals surface area contributed by atoms with Crippen molar-refractivity contribution in [2.45, 2.75) is 6.92 Å². The minimum atomic E-state index is -0.822. The average Bonchev–Trinajstić information content (AvgIpc) is 1.97. The lowest BCUT2D eigenvalue weighted by atomic mass is 10.2. The summed E-state index contributed by atoms with van der Waals surface area (Å²) in [5, 5.41) is 28.4. The third-order valence-electron chi connectivity index (χ3n) is 1.51. The predicted molar refractivity (Wildman–Crippen MR) is 41.2 cm³/mol. The highest BCUT2D eigenvalue weighted by atomic mass is 16.6. The first-order chi connectivity index (χ1) is 5.54. The van der Waals surface area contributed by atoms with E-state index in [0.29, 0.717) is 5.56 Å². The molecule has 0 radical (unpaired) electrons. The SMILES string of the molecule is Cc1ccc(O)c([N+](=O)[O-])c1O. The van der Waals surface area contributed by atoms with E-state index >= 15 is 0 Å². The second-order valence-electron chi connectivity index (χ2n) is 2.36. The molecule has 12 heavy (non-hydrogen) atoms.